The van der Waals surface area contributed by atoms with E-state index < -0.39 is 5.97 Å². The van der Waals surface area contributed by atoms with Crippen LogP contribution in [0.2, 0.25) is 0 Å². The number of aromatic nitrogens is 2. The molecule has 21 heavy (non-hydrogen) atoms. The zero-order valence-corrected chi connectivity index (χ0v) is 13.9. The molecule has 0 aliphatic heterocycles. The highest BCUT2D eigenvalue weighted by atomic mass is 35.5. The maximum atomic E-state index is 12.1. The molecule has 1 aromatic heterocycles. The summed E-state index contributed by atoms with van der Waals surface area (Å²) in [4.78, 5) is 22.6. The minimum atomic E-state index is -0.414. The Balaban J connectivity index is 0.00000400. The first-order chi connectivity index (χ1) is 9.63. The van der Waals surface area contributed by atoms with Gasteiger partial charge in [0.25, 0.3) is 0 Å². The van der Waals surface area contributed by atoms with Gasteiger partial charge in [0, 0.05) is 25.0 Å². The van der Waals surface area contributed by atoms with Crippen molar-refractivity contribution in [3.63, 3.8) is 0 Å². The fraction of sp³-hybridized carbons (Fsp3) is 0.643. The van der Waals surface area contributed by atoms with Gasteiger partial charge in [-0.1, -0.05) is 13.8 Å². The molecular weight excluding hydrogens is 292 g/mol. The Hall–Kier alpha value is -1.24. The average Bonchev–Trinajstić information content (AvgIpc) is 2.50. The second-order valence-corrected chi connectivity index (χ2v) is 4.46. The molecule has 0 saturated carbocycles. The van der Waals surface area contributed by atoms with Gasteiger partial charge in [-0.15, -0.1) is 12.4 Å². The second kappa shape index (κ2) is 10.5. The molecule has 7 heteroatoms. The lowest BCUT2D eigenvalue weighted by molar-refractivity contribution is 0.0456. The fourth-order valence-electron chi connectivity index (χ4n) is 1.84. The van der Waals surface area contributed by atoms with Gasteiger partial charge in [0.05, 0.1) is 5.69 Å². The topological polar surface area (TPSA) is 67.3 Å². The van der Waals surface area contributed by atoms with Crippen molar-refractivity contribution in [1.29, 1.82) is 0 Å². The number of likely N-dealkylation sites (N-methyl/N-ethyl adjacent to an activating group) is 1. The fourth-order valence-corrected chi connectivity index (χ4v) is 1.84. The van der Waals surface area contributed by atoms with Crippen molar-refractivity contribution in [3.05, 3.63) is 23.8 Å². The van der Waals surface area contributed by atoms with E-state index in [-0.39, 0.29) is 24.1 Å². The molecule has 0 aliphatic rings. The largest absolute Gasteiger partial charge is 0.460 e. The number of hydrogen-bond donors (Lipinski definition) is 1. The lowest BCUT2D eigenvalue weighted by Crippen LogP contribution is -2.28. The van der Waals surface area contributed by atoms with Crippen LogP contribution in [-0.4, -0.2) is 54.1 Å². The molecule has 1 heterocycles. The van der Waals surface area contributed by atoms with Crippen LogP contribution in [0.1, 0.15) is 43.0 Å². The quantitative estimate of drug-likeness (QED) is 0.736. The van der Waals surface area contributed by atoms with Crippen LogP contribution in [0.25, 0.3) is 0 Å². The number of esters is 1. The van der Waals surface area contributed by atoms with Crippen LogP contribution >= 0.6 is 12.4 Å². The van der Waals surface area contributed by atoms with Crippen molar-refractivity contribution in [2.75, 3.05) is 33.3 Å². The summed E-state index contributed by atoms with van der Waals surface area (Å²) < 4.78 is 5.29. The van der Waals surface area contributed by atoms with E-state index in [0.717, 1.165) is 19.6 Å². The molecule has 0 aliphatic carbocycles. The van der Waals surface area contributed by atoms with Crippen molar-refractivity contribution in [2.45, 2.75) is 26.8 Å². The maximum Gasteiger partial charge on any atom is 0.358 e. The number of nitrogens with zero attached hydrogens (tertiary/aromatic N) is 3. The van der Waals surface area contributed by atoms with Crippen LogP contribution in [0.4, 0.5) is 0 Å². The Bertz CT molecular complexity index is 427. The highest BCUT2D eigenvalue weighted by molar-refractivity contribution is 5.88. The standard InChI is InChI=1S/C14H24N4O2.ClH/c1-5-18(6-2)9-10-20-14(19)13-12(11(3)15-4)16-7-8-17-13;/h7-8,11,15H,5-6,9-10H2,1-4H3;1H. The summed E-state index contributed by atoms with van der Waals surface area (Å²) in [7, 11) is 1.81. The summed E-state index contributed by atoms with van der Waals surface area (Å²) in [6.07, 6.45) is 3.09. The minimum Gasteiger partial charge on any atom is -0.460 e. The number of halogens is 1. The van der Waals surface area contributed by atoms with E-state index in [1.165, 1.54) is 6.20 Å². The summed E-state index contributed by atoms with van der Waals surface area (Å²) in [5.41, 5.74) is 0.900. The molecule has 120 valence electrons. The number of hydrogen-bond acceptors (Lipinski definition) is 6. The molecule has 0 saturated heterocycles. The third-order valence-corrected chi connectivity index (χ3v) is 3.30. The van der Waals surface area contributed by atoms with E-state index in [9.17, 15) is 4.79 Å². The number of carbonyl (C=O) groups is 1. The van der Waals surface area contributed by atoms with E-state index in [1.54, 1.807) is 6.20 Å². The summed E-state index contributed by atoms with van der Waals surface area (Å²) in [6.45, 7) is 9.08. The van der Waals surface area contributed by atoms with E-state index in [1.807, 2.05) is 14.0 Å². The first-order valence-corrected chi connectivity index (χ1v) is 7.01. The van der Waals surface area contributed by atoms with Gasteiger partial charge < -0.3 is 15.0 Å². The van der Waals surface area contributed by atoms with E-state index in [4.69, 9.17) is 4.74 Å². The van der Waals surface area contributed by atoms with Gasteiger partial charge in [0.15, 0.2) is 5.69 Å². The molecule has 0 aromatic carbocycles. The second-order valence-electron chi connectivity index (χ2n) is 4.46. The number of rotatable bonds is 8. The third-order valence-electron chi connectivity index (χ3n) is 3.30. The van der Waals surface area contributed by atoms with Crippen molar-refractivity contribution >= 4 is 18.4 Å². The Kier molecular flexibility index (Phi) is 9.86. The SMILES string of the molecule is CCN(CC)CCOC(=O)c1nccnc1C(C)NC.Cl. The minimum absolute atomic E-state index is 0. The van der Waals surface area contributed by atoms with Crippen LogP contribution < -0.4 is 5.32 Å². The van der Waals surface area contributed by atoms with Crippen LogP contribution in [0.3, 0.4) is 0 Å². The van der Waals surface area contributed by atoms with E-state index in [2.05, 4.69) is 34.0 Å². The average molecular weight is 317 g/mol. The predicted octanol–water partition coefficient (Wildman–Crippen LogP) is 1.68. The summed E-state index contributed by atoms with van der Waals surface area (Å²) in [5.74, 6) is -0.414. The molecule has 0 radical (unpaired) electrons. The molecular formula is C14H25ClN4O2. The Morgan fingerprint density at radius 1 is 1.33 bits per heavy atom. The first kappa shape index (κ1) is 19.8. The maximum absolute atomic E-state index is 12.1. The molecule has 0 bridgehead atoms. The first-order valence-electron chi connectivity index (χ1n) is 7.01. The van der Waals surface area contributed by atoms with Crippen LogP contribution in [0.15, 0.2) is 12.4 Å². The summed E-state index contributed by atoms with van der Waals surface area (Å²) in [5, 5.41) is 3.05. The highest BCUT2D eigenvalue weighted by Crippen LogP contribution is 2.13. The summed E-state index contributed by atoms with van der Waals surface area (Å²) in [6, 6.07) is -0.0472. The lowest BCUT2D eigenvalue weighted by atomic mass is 10.2. The van der Waals surface area contributed by atoms with Gasteiger partial charge in [-0.2, -0.15) is 0 Å². The van der Waals surface area contributed by atoms with Crippen molar-refractivity contribution in [1.82, 2.24) is 20.2 Å². The van der Waals surface area contributed by atoms with Crippen LogP contribution in [0.5, 0.6) is 0 Å². The van der Waals surface area contributed by atoms with Crippen molar-refractivity contribution in [3.8, 4) is 0 Å². The highest BCUT2D eigenvalue weighted by Gasteiger charge is 2.19. The third kappa shape index (κ3) is 5.95. The Labute approximate surface area is 132 Å². The number of ether oxygens (including phenoxy) is 1. The van der Waals surface area contributed by atoms with Gasteiger partial charge in [0.1, 0.15) is 6.61 Å². The van der Waals surface area contributed by atoms with Gasteiger partial charge in [-0.3, -0.25) is 4.98 Å². The molecule has 0 amide bonds. The molecule has 1 aromatic rings. The van der Waals surface area contributed by atoms with Crippen LogP contribution in [-0.2, 0) is 4.74 Å². The molecule has 0 fully saturated rings. The normalized spacial score (nSPS) is 11.9. The number of nitrogens with one attached hydrogen (secondary N) is 1. The zero-order valence-electron chi connectivity index (χ0n) is 13.1. The molecule has 6 nitrogen and oxygen atoms in total. The molecule has 1 unspecified atom stereocenters. The van der Waals surface area contributed by atoms with Gasteiger partial charge >= 0.3 is 5.97 Å². The monoisotopic (exact) mass is 316 g/mol. The van der Waals surface area contributed by atoms with E-state index in [0.29, 0.717) is 12.3 Å². The Morgan fingerprint density at radius 3 is 2.52 bits per heavy atom. The Morgan fingerprint density at radius 2 is 1.95 bits per heavy atom. The predicted molar refractivity (Wildman–Crippen MR) is 84.8 cm³/mol. The van der Waals surface area contributed by atoms with Crippen molar-refractivity contribution < 1.29 is 9.53 Å². The summed E-state index contributed by atoms with van der Waals surface area (Å²) >= 11 is 0. The smallest absolute Gasteiger partial charge is 0.358 e. The molecule has 1 atom stereocenters. The zero-order chi connectivity index (χ0) is 15.0. The molecule has 1 N–H and O–H groups in total. The van der Waals surface area contributed by atoms with Gasteiger partial charge in [-0.25, -0.2) is 9.78 Å². The molecule has 1 rings (SSSR count). The molecule has 0 spiro atoms. The number of carbonyl (C=O) groups excluding carboxylic acids is 1. The van der Waals surface area contributed by atoms with Crippen LogP contribution in [0, 0.1) is 0 Å². The van der Waals surface area contributed by atoms with Gasteiger partial charge in [-0.05, 0) is 27.1 Å². The van der Waals surface area contributed by atoms with Gasteiger partial charge in [0.2, 0.25) is 0 Å². The lowest BCUT2D eigenvalue weighted by Gasteiger charge is -2.18. The van der Waals surface area contributed by atoms with Crippen molar-refractivity contribution in [2.24, 2.45) is 0 Å². The van der Waals surface area contributed by atoms with E-state index >= 15 is 0 Å².